The molecule has 1 aliphatic carbocycles. The van der Waals surface area contributed by atoms with Crippen molar-refractivity contribution >= 4 is 0 Å². The maximum Gasteiger partial charge on any atom is 0.233 e. The Labute approximate surface area is 109 Å². The lowest BCUT2D eigenvalue weighted by Crippen LogP contribution is -2.47. The molecular formula is C14H23N3O. The normalized spacial score (nSPS) is 21.6. The number of rotatable bonds is 3. The standard InChI is InChI=1S/C14H23N3O/c1-13(2)6-8-14(15,9-7-13)10-11-4-5-12(18-3)17-16-11/h4-5H,6-10,15H2,1-3H3. The molecule has 1 fully saturated rings. The minimum absolute atomic E-state index is 0.112. The number of aromatic nitrogens is 2. The number of ether oxygens (including phenoxy) is 1. The number of nitrogens with zero attached hydrogens (tertiary/aromatic N) is 2. The molecule has 0 radical (unpaired) electrons. The highest BCUT2D eigenvalue weighted by molar-refractivity contribution is 5.14. The molecule has 1 aromatic rings. The molecule has 0 bridgehead atoms. The second-order valence-corrected chi connectivity index (χ2v) is 6.27. The van der Waals surface area contributed by atoms with Crippen molar-refractivity contribution in [3.05, 3.63) is 17.8 Å². The van der Waals surface area contributed by atoms with E-state index in [1.165, 1.54) is 12.8 Å². The maximum absolute atomic E-state index is 6.48. The summed E-state index contributed by atoms with van der Waals surface area (Å²) in [5.74, 6) is 0.551. The number of hydrogen-bond donors (Lipinski definition) is 1. The predicted molar refractivity (Wildman–Crippen MR) is 71.5 cm³/mol. The zero-order valence-electron chi connectivity index (χ0n) is 11.6. The monoisotopic (exact) mass is 249 g/mol. The van der Waals surface area contributed by atoms with Gasteiger partial charge in [0.1, 0.15) is 0 Å². The van der Waals surface area contributed by atoms with Gasteiger partial charge in [-0.25, -0.2) is 0 Å². The fraction of sp³-hybridized carbons (Fsp3) is 0.714. The third kappa shape index (κ3) is 3.19. The first-order valence-electron chi connectivity index (χ1n) is 6.58. The smallest absolute Gasteiger partial charge is 0.233 e. The zero-order valence-corrected chi connectivity index (χ0v) is 11.6. The first-order chi connectivity index (χ1) is 8.42. The Morgan fingerprint density at radius 2 is 1.83 bits per heavy atom. The molecule has 0 aromatic carbocycles. The molecule has 4 nitrogen and oxygen atoms in total. The summed E-state index contributed by atoms with van der Waals surface area (Å²) in [4.78, 5) is 0. The third-order valence-electron chi connectivity index (χ3n) is 4.04. The van der Waals surface area contributed by atoms with Crippen molar-refractivity contribution in [2.75, 3.05) is 7.11 Å². The highest BCUT2D eigenvalue weighted by Crippen LogP contribution is 2.40. The van der Waals surface area contributed by atoms with Gasteiger partial charge in [-0.2, -0.15) is 5.10 Å². The largest absolute Gasteiger partial charge is 0.480 e. The predicted octanol–water partition coefficient (Wildman–Crippen LogP) is 2.33. The van der Waals surface area contributed by atoms with Crippen LogP contribution in [0, 0.1) is 5.41 Å². The Morgan fingerprint density at radius 1 is 1.17 bits per heavy atom. The Kier molecular flexibility index (Phi) is 3.57. The Balaban J connectivity index is 2.00. The number of methoxy groups -OCH3 is 1. The van der Waals surface area contributed by atoms with Crippen LogP contribution >= 0.6 is 0 Å². The van der Waals surface area contributed by atoms with Gasteiger partial charge < -0.3 is 10.5 Å². The van der Waals surface area contributed by atoms with Crippen LogP contribution < -0.4 is 10.5 Å². The van der Waals surface area contributed by atoms with Crippen LogP contribution in [0.4, 0.5) is 0 Å². The highest BCUT2D eigenvalue weighted by atomic mass is 16.5. The number of hydrogen-bond acceptors (Lipinski definition) is 4. The fourth-order valence-electron chi connectivity index (χ4n) is 2.51. The van der Waals surface area contributed by atoms with E-state index in [0.717, 1.165) is 25.0 Å². The van der Waals surface area contributed by atoms with Crippen molar-refractivity contribution in [3.63, 3.8) is 0 Å². The molecule has 2 N–H and O–H groups in total. The molecule has 1 saturated carbocycles. The van der Waals surface area contributed by atoms with Gasteiger partial charge in [-0.1, -0.05) is 13.8 Å². The van der Waals surface area contributed by atoms with Gasteiger partial charge in [0, 0.05) is 18.0 Å². The molecular weight excluding hydrogens is 226 g/mol. The summed E-state index contributed by atoms with van der Waals surface area (Å²) in [5.41, 5.74) is 7.77. The van der Waals surface area contributed by atoms with Gasteiger partial charge in [0.05, 0.1) is 12.8 Å². The van der Waals surface area contributed by atoms with Crippen LogP contribution in [-0.2, 0) is 6.42 Å². The molecule has 1 heterocycles. The third-order valence-corrected chi connectivity index (χ3v) is 4.04. The highest BCUT2D eigenvalue weighted by Gasteiger charge is 2.35. The van der Waals surface area contributed by atoms with Crippen molar-refractivity contribution in [2.24, 2.45) is 11.1 Å². The Morgan fingerprint density at radius 3 is 2.33 bits per heavy atom. The van der Waals surface area contributed by atoms with Crippen LogP contribution in [-0.4, -0.2) is 22.8 Å². The van der Waals surface area contributed by atoms with E-state index in [4.69, 9.17) is 10.5 Å². The molecule has 0 aliphatic heterocycles. The van der Waals surface area contributed by atoms with Gasteiger partial charge in [-0.05, 0) is 37.2 Å². The SMILES string of the molecule is COc1ccc(CC2(N)CCC(C)(C)CC2)nn1. The van der Waals surface area contributed by atoms with Crippen molar-refractivity contribution in [3.8, 4) is 5.88 Å². The van der Waals surface area contributed by atoms with E-state index >= 15 is 0 Å². The van der Waals surface area contributed by atoms with Crippen molar-refractivity contribution < 1.29 is 4.74 Å². The molecule has 4 heteroatoms. The summed E-state index contributed by atoms with van der Waals surface area (Å²) in [6.07, 6.45) is 5.31. The summed E-state index contributed by atoms with van der Waals surface area (Å²) in [6.45, 7) is 4.64. The lowest BCUT2D eigenvalue weighted by atomic mass is 9.68. The van der Waals surface area contributed by atoms with Crippen LogP contribution in [0.2, 0.25) is 0 Å². The fourth-order valence-corrected chi connectivity index (χ4v) is 2.51. The molecule has 1 aromatic heterocycles. The van der Waals surface area contributed by atoms with Gasteiger partial charge in [0.25, 0.3) is 0 Å². The van der Waals surface area contributed by atoms with Crippen molar-refractivity contribution in [1.29, 1.82) is 0 Å². The first kappa shape index (κ1) is 13.3. The Hall–Kier alpha value is -1.16. The average molecular weight is 249 g/mol. The molecule has 0 amide bonds. The molecule has 0 atom stereocenters. The molecule has 18 heavy (non-hydrogen) atoms. The van der Waals surface area contributed by atoms with Gasteiger partial charge >= 0.3 is 0 Å². The van der Waals surface area contributed by atoms with E-state index in [2.05, 4.69) is 24.0 Å². The minimum atomic E-state index is -0.112. The van der Waals surface area contributed by atoms with Crippen LogP contribution in [0.1, 0.15) is 45.2 Å². The second-order valence-electron chi connectivity index (χ2n) is 6.27. The van der Waals surface area contributed by atoms with Gasteiger partial charge in [0.15, 0.2) is 0 Å². The topological polar surface area (TPSA) is 61.0 Å². The van der Waals surface area contributed by atoms with E-state index in [1.54, 1.807) is 7.11 Å². The van der Waals surface area contributed by atoms with Crippen molar-refractivity contribution in [1.82, 2.24) is 10.2 Å². The van der Waals surface area contributed by atoms with Crippen molar-refractivity contribution in [2.45, 2.75) is 51.5 Å². The minimum Gasteiger partial charge on any atom is -0.480 e. The quantitative estimate of drug-likeness (QED) is 0.893. The maximum atomic E-state index is 6.48. The van der Waals surface area contributed by atoms with E-state index in [0.29, 0.717) is 11.3 Å². The summed E-state index contributed by atoms with van der Waals surface area (Å²) >= 11 is 0. The molecule has 2 rings (SSSR count). The Bertz CT molecular complexity index is 390. The summed E-state index contributed by atoms with van der Waals surface area (Å²) in [7, 11) is 1.59. The summed E-state index contributed by atoms with van der Waals surface area (Å²) in [5, 5.41) is 8.16. The van der Waals surface area contributed by atoms with E-state index < -0.39 is 0 Å². The van der Waals surface area contributed by atoms with E-state index in [1.807, 2.05) is 12.1 Å². The van der Waals surface area contributed by atoms with E-state index in [-0.39, 0.29) is 5.54 Å². The van der Waals surface area contributed by atoms with E-state index in [9.17, 15) is 0 Å². The molecule has 0 saturated heterocycles. The molecule has 100 valence electrons. The average Bonchev–Trinajstić information content (AvgIpc) is 2.35. The van der Waals surface area contributed by atoms with Crippen LogP contribution in [0.5, 0.6) is 5.88 Å². The first-order valence-corrected chi connectivity index (χ1v) is 6.58. The summed E-state index contributed by atoms with van der Waals surface area (Å²) in [6, 6.07) is 3.80. The second kappa shape index (κ2) is 4.84. The van der Waals surface area contributed by atoms with Gasteiger partial charge in [0.2, 0.25) is 5.88 Å². The molecule has 0 unspecified atom stereocenters. The molecule has 0 spiro atoms. The van der Waals surface area contributed by atoms with Crippen LogP contribution in [0.3, 0.4) is 0 Å². The zero-order chi connectivity index (χ0) is 13.2. The van der Waals surface area contributed by atoms with Gasteiger partial charge in [-0.15, -0.1) is 5.10 Å². The summed E-state index contributed by atoms with van der Waals surface area (Å²) < 4.78 is 5.01. The van der Waals surface area contributed by atoms with Crippen LogP contribution in [0.15, 0.2) is 12.1 Å². The van der Waals surface area contributed by atoms with Gasteiger partial charge in [-0.3, -0.25) is 0 Å². The molecule has 1 aliphatic rings. The van der Waals surface area contributed by atoms with Crippen LogP contribution in [0.25, 0.3) is 0 Å². The lowest BCUT2D eigenvalue weighted by Gasteiger charge is -2.41. The number of nitrogens with two attached hydrogens (primary N) is 1. The lowest BCUT2D eigenvalue weighted by molar-refractivity contribution is 0.163.